The fraction of sp³-hybridized carbons (Fsp3) is 0. The zero-order chi connectivity index (χ0) is 13.2. The lowest BCUT2D eigenvalue weighted by atomic mass is 10.2. The third kappa shape index (κ3) is 2.55. The number of nitrogens with zero attached hydrogens (tertiary/aromatic N) is 2. The third-order valence-electron chi connectivity index (χ3n) is 2.71. The molecule has 0 fully saturated rings. The van der Waals surface area contributed by atoms with Gasteiger partial charge in [0.25, 0.3) is 0 Å². The summed E-state index contributed by atoms with van der Waals surface area (Å²) in [6.07, 6.45) is 3.49. The van der Waals surface area contributed by atoms with Gasteiger partial charge in [-0.25, -0.2) is 4.98 Å². The second-order valence-corrected chi connectivity index (χ2v) is 5.30. The van der Waals surface area contributed by atoms with Crippen LogP contribution in [0.4, 0.5) is 11.5 Å². The highest BCUT2D eigenvalue weighted by molar-refractivity contribution is 9.10. The van der Waals surface area contributed by atoms with Crippen molar-refractivity contribution in [2.24, 2.45) is 0 Å². The maximum atomic E-state index is 6.16. The average molecular weight is 335 g/mol. The van der Waals surface area contributed by atoms with Crippen molar-refractivity contribution in [3.8, 4) is 0 Å². The fourth-order valence-corrected chi connectivity index (χ4v) is 2.28. The Morgan fingerprint density at radius 2 is 1.95 bits per heavy atom. The first-order valence-corrected chi connectivity index (χ1v) is 6.83. The van der Waals surface area contributed by atoms with Gasteiger partial charge in [-0.05, 0) is 52.3 Å². The van der Waals surface area contributed by atoms with E-state index in [1.807, 2.05) is 36.4 Å². The second kappa shape index (κ2) is 5.15. The average Bonchev–Trinajstić information content (AvgIpc) is 2.45. The standard InChI is InChI=1S/C14H9BrClN3/c15-9-3-6-13(18-8-9)19-12-5-4-11(16)10-2-1-7-17-14(10)12/h1-8H,(H,18,19). The normalized spacial score (nSPS) is 10.6. The summed E-state index contributed by atoms with van der Waals surface area (Å²) in [7, 11) is 0. The molecule has 0 aliphatic rings. The summed E-state index contributed by atoms with van der Waals surface area (Å²) in [5, 5.41) is 4.86. The molecule has 1 aromatic carbocycles. The largest absolute Gasteiger partial charge is 0.338 e. The van der Waals surface area contributed by atoms with Crippen LogP contribution in [0, 0.1) is 0 Å². The van der Waals surface area contributed by atoms with E-state index in [1.165, 1.54) is 0 Å². The Labute approximate surface area is 123 Å². The van der Waals surface area contributed by atoms with Crippen LogP contribution < -0.4 is 5.32 Å². The zero-order valence-corrected chi connectivity index (χ0v) is 12.1. The molecular weight excluding hydrogens is 326 g/mol. The number of anilines is 2. The van der Waals surface area contributed by atoms with E-state index in [0.29, 0.717) is 5.02 Å². The van der Waals surface area contributed by atoms with E-state index in [-0.39, 0.29) is 0 Å². The molecule has 2 heterocycles. The molecule has 0 spiro atoms. The third-order valence-corrected chi connectivity index (χ3v) is 3.51. The number of aromatic nitrogens is 2. The van der Waals surface area contributed by atoms with Crippen molar-refractivity contribution in [2.45, 2.75) is 0 Å². The lowest BCUT2D eigenvalue weighted by molar-refractivity contribution is 1.29. The number of benzene rings is 1. The molecular formula is C14H9BrClN3. The van der Waals surface area contributed by atoms with Gasteiger partial charge in [-0.15, -0.1) is 0 Å². The van der Waals surface area contributed by atoms with E-state index in [4.69, 9.17) is 11.6 Å². The molecule has 0 atom stereocenters. The summed E-state index contributed by atoms with van der Waals surface area (Å²) in [6.45, 7) is 0. The molecule has 0 saturated carbocycles. The predicted molar refractivity (Wildman–Crippen MR) is 82.0 cm³/mol. The molecule has 0 unspecified atom stereocenters. The van der Waals surface area contributed by atoms with E-state index in [9.17, 15) is 0 Å². The molecule has 0 bridgehead atoms. The van der Waals surface area contributed by atoms with Crippen LogP contribution in [0.3, 0.4) is 0 Å². The summed E-state index contributed by atoms with van der Waals surface area (Å²) >= 11 is 9.52. The van der Waals surface area contributed by atoms with Gasteiger partial charge < -0.3 is 5.32 Å². The van der Waals surface area contributed by atoms with Crippen LogP contribution >= 0.6 is 27.5 Å². The molecule has 3 aromatic rings. The molecule has 19 heavy (non-hydrogen) atoms. The predicted octanol–water partition coefficient (Wildman–Crippen LogP) is 4.79. The number of rotatable bonds is 2. The van der Waals surface area contributed by atoms with E-state index in [2.05, 4.69) is 31.2 Å². The molecule has 94 valence electrons. The second-order valence-electron chi connectivity index (χ2n) is 3.98. The van der Waals surface area contributed by atoms with Crippen molar-refractivity contribution >= 4 is 49.9 Å². The Bertz CT molecular complexity index is 728. The Balaban J connectivity index is 2.06. The van der Waals surface area contributed by atoms with Crippen LogP contribution in [0.2, 0.25) is 5.02 Å². The topological polar surface area (TPSA) is 37.8 Å². The number of nitrogens with one attached hydrogen (secondary N) is 1. The SMILES string of the molecule is Clc1ccc(Nc2ccc(Br)cn2)c2ncccc12. The molecule has 0 aliphatic carbocycles. The molecule has 5 heteroatoms. The van der Waals surface area contributed by atoms with Crippen LogP contribution in [-0.2, 0) is 0 Å². The monoisotopic (exact) mass is 333 g/mol. The number of fused-ring (bicyclic) bond motifs is 1. The minimum atomic E-state index is 0.692. The molecule has 3 rings (SSSR count). The highest BCUT2D eigenvalue weighted by Crippen LogP contribution is 2.29. The van der Waals surface area contributed by atoms with Crippen molar-refractivity contribution in [1.82, 2.24) is 9.97 Å². The highest BCUT2D eigenvalue weighted by Gasteiger charge is 2.06. The summed E-state index contributed by atoms with van der Waals surface area (Å²) in [6, 6.07) is 11.4. The van der Waals surface area contributed by atoms with Crippen molar-refractivity contribution < 1.29 is 0 Å². The highest BCUT2D eigenvalue weighted by atomic mass is 79.9. The molecule has 2 aromatic heterocycles. The van der Waals surface area contributed by atoms with Crippen LogP contribution in [0.5, 0.6) is 0 Å². The fourth-order valence-electron chi connectivity index (χ4n) is 1.83. The summed E-state index contributed by atoms with van der Waals surface area (Å²) in [4.78, 5) is 8.66. The van der Waals surface area contributed by atoms with Crippen LogP contribution in [0.15, 0.2) is 53.3 Å². The Morgan fingerprint density at radius 3 is 2.74 bits per heavy atom. The molecule has 3 nitrogen and oxygen atoms in total. The van der Waals surface area contributed by atoms with Gasteiger partial charge in [0.15, 0.2) is 0 Å². The van der Waals surface area contributed by atoms with Crippen LogP contribution in [-0.4, -0.2) is 9.97 Å². The van der Waals surface area contributed by atoms with Gasteiger partial charge in [-0.3, -0.25) is 4.98 Å². The lowest BCUT2D eigenvalue weighted by Gasteiger charge is -2.09. The number of hydrogen-bond donors (Lipinski definition) is 1. The maximum Gasteiger partial charge on any atom is 0.130 e. The molecule has 0 radical (unpaired) electrons. The molecule has 1 N–H and O–H groups in total. The van der Waals surface area contributed by atoms with Crippen molar-refractivity contribution in [1.29, 1.82) is 0 Å². The zero-order valence-electron chi connectivity index (χ0n) is 9.77. The maximum absolute atomic E-state index is 6.16. The van der Waals surface area contributed by atoms with Gasteiger partial charge in [-0.1, -0.05) is 11.6 Å². The van der Waals surface area contributed by atoms with Gasteiger partial charge in [0.1, 0.15) is 5.82 Å². The van der Waals surface area contributed by atoms with E-state index in [0.717, 1.165) is 26.9 Å². The Hall–Kier alpha value is -1.65. The van der Waals surface area contributed by atoms with E-state index >= 15 is 0 Å². The lowest BCUT2D eigenvalue weighted by Crippen LogP contribution is -1.95. The van der Waals surface area contributed by atoms with Crippen LogP contribution in [0.1, 0.15) is 0 Å². The van der Waals surface area contributed by atoms with Gasteiger partial charge in [0, 0.05) is 22.3 Å². The van der Waals surface area contributed by atoms with Crippen molar-refractivity contribution in [3.05, 3.63) is 58.3 Å². The quantitative estimate of drug-likeness (QED) is 0.732. The van der Waals surface area contributed by atoms with E-state index < -0.39 is 0 Å². The van der Waals surface area contributed by atoms with Crippen molar-refractivity contribution in [2.75, 3.05) is 5.32 Å². The molecule has 0 amide bonds. The first kappa shape index (κ1) is 12.4. The minimum Gasteiger partial charge on any atom is -0.338 e. The number of pyridine rings is 2. The van der Waals surface area contributed by atoms with Gasteiger partial charge in [0.05, 0.1) is 16.2 Å². The summed E-state index contributed by atoms with van der Waals surface area (Å²) in [5.74, 6) is 0.762. The number of halogens is 2. The number of hydrogen-bond acceptors (Lipinski definition) is 3. The molecule has 0 aliphatic heterocycles. The molecule has 0 saturated heterocycles. The van der Waals surface area contributed by atoms with Gasteiger partial charge >= 0.3 is 0 Å². The summed E-state index contributed by atoms with van der Waals surface area (Å²) < 4.78 is 0.942. The van der Waals surface area contributed by atoms with Gasteiger partial charge in [-0.2, -0.15) is 0 Å². The van der Waals surface area contributed by atoms with Gasteiger partial charge in [0.2, 0.25) is 0 Å². The Kier molecular flexibility index (Phi) is 3.36. The first-order chi connectivity index (χ1) is 9.24. The van der Waals surface area contributed by atoms with Crippen LogP contribution in [0.25, 0.3) is 10.9 Å². The Morgan fingerprint density at radius 1 is 1.05 bits per heavy atom. The first-order valence-electron chi connectivity index (χ1n) is 5.66. The van der Waals surface area contributed by atoms with Crippen molar-refractivity contribution in [3.63, 3.8) is 0 Å². The smallest absolute Gasteiger partial charge is 0.130 e. The minimum absolute atomic E-state index is 0.692. The van der Waals surface area contributed by atoms with E-state index in [1.54, 1.807) is 12.4 Å². The summed E-state index contributed by atoms with van der Waals surface area (Å²) in [5.41, 5.74) is 1.72.